The van der Waals surface area contributed by atoms with Crippen LogP contribution >= 0.6 is 0 Å². The van der Waals surface area contributed by atoms with Gasteiger partial charge in [-0.05, 0) is 44.7 Å². The van der Waals surface area contributed by atoms with Gasteiger partial charge in [0.25, 0.3) is 5.91 Å². The van der Waals surface area contributed by atoms with Gasteiger partial charge >= 0.3 is 0 Å². The third-order valence-corrected chi connectivity index (χ3v) is 4.53. The molecule has 1 N–H and O–H groups in total. The standard InChI is InChI=1S/C18H24N2O3/c1-13-2-6-16(7-3-13)23-12-17(21)20-10-8-14(9-11-20)18(22)19-15-4-5-15/h2-3,6-7,14-15H,4-5,8-12H2,1H3,(H,19,22). The minimum absolute atomic E-state index is 0.00775. The van der Waals surface area contributed by atoms with Crippen LogP contribution in [0, 0.1) is 12.8 Å². The molecular formula is C18H24N2O3. The summed E-state index contributed by atoms with van der Waals surface area (Å²) >= 11 is 0. The molecule has 1 saturated carbocycles. The van der Waals surface area contributed by atoms with E-state index in [9.17, 15) is 9.59 Å². The number of nitrogens with one attached hydrogen (secondary N) is 1. The van der Waals surface area contributed by atoms with E-state index < -0.39 is 0 Å². The molecule has 0 atom stereocenters. The van der Waals surface area contributed by atoms with Crippen molar-refractivity contribution < 1.29 is 14.3 Å². The Balaban J connectivity index is 1.40. The highest BCUT2D eigenvalue weighted by molar-refractivity contribution is 5.81. The number of carbonyl (C=O) groups is 2. The van der Waals surface area contributed by atoms with Gasteiger partial charge in [-0.3, -0.25) is 9.59 Å². The number of carbonyl (C=O) groups excluding carboxylic acids is 2. The zero-order valence-electron chi connectivity index (χ0n) is 13.6. The van der Waals surface area contributed by atoms with Crippen molar-refractivity contribution in [2.24, 2.45) is 5.92 Å². The first kappa shape index (κ1) is 15.8. The second-order valence-corrected chi connectivity index (χ2v) is 6.54. The van der Waals surface area contributed by atoms with Gasteiger partial charge in [0.05, 0.1) is 0 Å². The van der Waals surface area contributed by atoms with Gasteiger partial charge < -0.3 is 15.0 Å². The SMILES string of the molecule is Cc1ccc(OCC(=O)N2CCC(C(=O)NC3CC3)CC2)cc1. The van der Waals surface area contributed by atoms with E-state index in [0.717, 1.165) is 31.2 Å². The molecule has 2 aliphatic rings. The number of ether oxygens (including phenoxy) is 1. The normalized spacial score (nSPS) is 18.6. The predicted molar refractivity (Wildman–Crippen MR) is 87.1 cm³/mol. The Morgan fingerprint density at radius 1 is 1.13 bits per heavy atom. The maximum Gasteiger partial charge on any atom is 0.260 e. The van der Waals surface area contributed by atoms with Crippen molar-refractivity contribution in [3.63, 3.8) is 0 Å². The summed E-state index contributed by atoms with van der Waals surface area (Å²) in [5.74, 6) is 0.919. The first-order valence-corrected chi connectivity index (χ1v) is 8.39. The summed E-state index contributed by atoms with van der Waals surface area (Å²) in [6, 6.07) is 8.08. The number of nitrogens with zero attached hydrogens (tertiary/aromatic N) is 1. The topological polar surface area (TPSA) is 58.6 Å². The van der Waals surface area contributed by atoms with Gasteiger partial charge in [0.15, 0.2) is 6.61 Å². The molecule has 0 aromatic heterocycles. The van der Waals surface area contributed by atoms with Crippen molar-refractivity contribution in [3.8, 4) is 5.75 Å². The van der Waals surface area contributed by atoms with Gasteiger partial charge in [0.1, 0.15) is 5.75 Å². The quantitative estimate of drug-likeness (QED) is 0.902. The molecule has 1 aliphatic heterocycles. The van der Waals surface area contributed by atoms with Crippen LogP contribution in [0.5, 0.6) is 5.75 Å². The zero-order chi connectivity index (χ0) is 16.2. The van der Waals surface area contributed by atoms with E-state index in [1.54, 1.807) is 4.90 Å². The van der Waals surface area contributed by atoms with E-state index in [2.05, 4.69) is 5.32 Å². The van der Waals surface area contributed by atoms with E-state index in [4.69, 9.17) is 4.74 Å². The minimum atomic E-state index is -0.00775. The van der Waals surface area contributed by atoms with Crippen LogP contribution < -0.4 is 10.1 Å². The van der Waals surface area contributed by atoms with Gasteiger partial charge in [0, 0.05) is 25.0 Å². The Bertz CT molecular complexity index is 558. The van der Waals surface area contributed by atoms with Crippen molar-refractivity contribution in [3.05, 3.63) is 29.8 Å². The lowest BCUT2D eigenvalue weighted by atomic mass is 9.96. The number of aryl methyl sites for hydroxylation is 1. The molecule has 1 aromatic rings. The molecule has 0 unspecified atom stereocenters. The molecule has 2 fully saturated rings. The van der Waals surface area contributed by atoms with E-state index in [1.165, 1.54) is 0 Å². The van der Waals surface area contributed by atoms with E-state index in [-0.39, 0.29) is 24.3 Å². The number of benzene rings is 1. The van der Waals surface area contributed by atoms with Crippen LogP contribution in [0.25, 0.3) is 0 Å². The molecule has 0 radical (unpaired) electrons. The fourth-order valence-corrected chi connectivity index (χ4v) is 2.81. The van der Waals surface area contributed by atoms with Crippen LogP contribution in [0.2, 0.25) is 0 Å². The van der Waals surface area contributed by atoms with Crippen molar-refractivity contribution in [2.75, 3.05) is 19.7 Å². The Hall–Kier alpha value is -2.04. The molecule has 1 aromatic carbocycles. The third-order valence-electron chi connectivity index (χ3n) is 4.53. The predicted octanol–water partition coefficient (Wildman–Crippen LogP) is 1.89. The Morgan fingerprint density at radius 2 is 1.78 bits per heavy atom. The van der Waals surface area contributed by atoms with Gasteiger partial charge in [-0.15, -0.1) is 0 Å². The lowest BCUT2D eigenvalue weighted by molar-refractivity contribution is -0.137. The Morgan fingerprint density at radius 3 is 2.39 bits per heavy atom. The number of piperidine rings is 1. The highest BCUT2D eigenvalue weighted by atomic mass is 16.5. The lowest BCUT2D eigenvalue weighted by Crippen LogP contribution is -2.44. The van der Waals surface area contributed by atoms with Gasteiger partial charge in [-0.25, -0.2) is 0 Å². The number of rotatable bonds is 5. The summed E-state index contributed by atoms with van der Waals surface area (Å²) in [4.78, 5) is 26.0. The Labute approximate surface area is 137 Å². The summed E-state index contributed by atoms with van der Waals surface area (Å²) < 4.78 is 5.54. The monoisotopic (exact) mass is 316 g/mol. The third kappa shape index (κ3) is 4.47. The second kappa shape index (κ2) is 7.02. The molecule has 1 saturated heterocycles. The smallest absolute Gasteiger partial charge is 0.260 e. The van der Waals surface area contributed by atoms with Gasteiger partial charge in [-0.1, -0.05) is 17.7 Å². The van der Waals surface area contributed by atoms with Crippen LogP contribution in [0.3, 0.4) is 0 Å². The molecule has 5 nitrogen and oxygen atoms in total. The van der Waals surface area contributed by atoms with Crippen LogP contribution in [0.1, 0.15) is 31.2 Å². The molecule has 1 aliphatic carbocycles. The lowest BCUT2D eigenvalue weighted by Gasteiger charge is -2.31. The highest BCUT2D eigenvalue weighted by Gasteiger charge is 2.31. The maximum absolute atomic E-state index is 12.2. The molecule has 2 amide bonds. The molecule has 5 heteroatoms. The second-order valence-electron chi connectivity index (χ2n) is 6.54. The van der Waals surface area contributed by atoms with Gasteiger partial charge in [0.2, 0.25) is 5.91 Å². The Kier molecular flexibility index (Phi) is 4.84. The van der Waals surface area contributed by atoms with Crippen molar-refractivity contribution >= 4 is 11.8 Å². The van der Waals surface area contributed by atoms with Gasteiger partial charge in [-0.2, -0.15) is 0 Å². The summed E-state index contributed by atoms with van der Waals surface area (Å²) in [7, 11) is 0. The molecular weight excluding hydrogens is 292 g/mol. The van der Waals surface area contributed by atoms with E-state index in [0.29, 0.717) is 24.9 Å². The van der Waals surface area contributed by atoms with Crippen molar-refractivity contribution in [2.45, 2.75) is 38.6 Å². The number of hydrogen-bond donors (Lipinski definition) is 1. The fraction of sp³-hybridized carbons (Fsp3) is 0.556. The van der Waals surface area contributed by atoms with E-state index in [1.807, 2.05) is 31.2 Å². The minimum Gasteiger partial charge on any atom is -0.484 e. The average Bonchev–Trinajstić information content (AvgIpc) is 3.38. The molecule has 23 heavy (non-hydrogen) atoms. The fourth-order valence-electron chi connectivity index (χ4n) is 2.81. The first-order chi connectivity index (χ1) is 11.1. The van der Waals surface area contributed by atoms with E-state index >= 15 is 0 Å². The zero-order valence-corrected chi connectivity index (χ0v) is 13.6. The summed E-state index contributed by atoms with van der Waals surface area (Å²) in [5, 5.41) is 3.05. The summed E-state index contributed by atoms with van der Waals surface area (Å²) in [6.07, 6.45) is 3.71. The van der Waals surface area contributed by atoms with Crippen molar-refractivity contribution in [1.29, 1.82) is 0 Å². The highest BCUT2D eigenvalue weighted by Crippen LogP contribution is 2.22. The molecule has 124 valence electrons. The largest absolute Gasteiger partial charge is 0.484 e. The molecule has 1 heterocycles. The summed E-state index contributed by atoms with van der Waals surface area (Å²) in [6.45, 7) is 3.35. The maximum atomic E-state index is 12.2. The number of likely N-dealkylation sites (tertiary alicyclic amines) is 1. The average molecular weight is 316 g/mol. The summed E-state index contributed by atoms with van der Waals surface area (Å²) in [5.41, 5.74) is 1.16. The molecule has 0 spiro atoms. The van der Waals surface area contributed by atoms with Crippen LogP contribution in [-0.4, -0.2) is 42.5 Å². The number of amides is 2. The van der Waals surface area contributed by atoms with Crippen LogP contribution in [0.15, 0.2) is 24.3 Å². The molecule has 0 bridgehead atoms. The number of hydrogen-bond acceptors (Lipinski definition) is 3. The van der Waals surface area contributed by atoms with Crippen molar-refractivity contribution in [1.82, 2.24) is 10.2 Å². The molecule has 3 rings (SSSR count). The first-order valence-electron chi connectivity index (χ1n) is 8.39. The van der Waals surface area contributed by atoms with Crippen LogP contribution in [-0.2, 0) is 9.59 Å². The van der Waals surface area contributed by atoms with Crippen LogP contribution in [0.4, 0.5) is 0 Å².